The highest BCUT2D eigenvalue weighted by Gasteiger charge is 2.16. The first-order valence-electron chi connectivity index (χ1n) is 2.61. The summed E-state index contributed by atoms with van der Waals surface area (Å²) >= 11 is 0. The van der Waals surface area contributed by atoms with E-state index in [0.717, 1.165) is 0 Å². The summed E-state index contributed by atoms with van der Waals surface area (Å²) in [7, 11) is -9.16. The third-order valence-corrected chi connectivity index (χ3v) is 1.64. The summed E-state index contributed by atoms with van der Waals surface area (Å²) in [5, 5.41) is 0. The molecular formula is C2H8O8P2. The predicted octanol–water partition coefficient (Wildman–Crippen LogP) is -0.795. The third-order valence-electron chi connectivity index (χ3n) is 0.602. The van der Waals surface area contributed by atoms with Crippen molar-refractivity contribution in [1.29, 1.82) is 0 Å². The van der Waals surface area contributed by atoms with E-state index < -0.39 is 28.9 Å². The average molecular weight is 222 g/mol. The Morgan fingerprint density at radius 1 is 0.833 bits per heavy atom. The lowest BCUT2D eigenvalue weighted by atomic mass is 10.8. The molecular weight excluding hydrogens is 214 g/mol. The van der Waals surface area contributed by atoms with Crippen LogP contribution in [0.25, 0.3) is 0 Å². The minimum absolute atomic E-state index is 0.588. The van der Waals surface area contributed by atoms with Crippen molar-refractivity contribution in [3.8, 4) is 0 Å². The molecule has 8 nitrogen and oxygen atoms in total. The number of hydrogen-bond acceptors (Lipinski definition) is 4. The van der Waals surface area contributed by atoms with Crippen LogP contribution in [0.5, 0.6) is 0 Å². The van der Waals surface area contributed by atoms with Gasteiger partial charge in [0.1, 0.15) is 0 Å². The van der Waals surface area contributed by atoms with Crippen molar-refractivity contribution >= 4 is 15.6 Å². The van der Waals surface area contributed by atoms with Crippen LogP contribution in [0, 0.1) is 0 Å². The Kier molecular flexibility index (Phi) is 4.54. The number of rotatable bonds is 5. The van der Waals surface area contributed by atoms with Gasteiger partial charge in [0.2, 0.25) is 0 Å². The summed E-state index contributed by atoms with van der Waals surface area (Å²) in [5.74, 6) is 0. The Bertz CT molecular complexity index is 187. The zero-order valence-corrected chi connectivity index (χ0v) is 7.52. The number of hydrogen-bond donors (Lipinski definition) is 4. The van der Waals surface area contributed by atoms with Gasteiger partial charge in [-0.05, 0) is 0 Å². The third kappa shape index (κ3) is 10.2. The van der Waals surface area contributed by atoms with Crippen molar-refractivity contribution in [3.05, 3.63) is 0 Å². The van der Waals surface area contributed by atoms with Gasteiger partial charge >= 0.3 is 15.6 Å². The molecule has 0 aliphatic carbocycles. The smallest absolute Gasteiger partial charge is 0.303 e. The molecule has 0 fully saturated rings. The van der Waals surface area contributed by atoms with Gasteiger partial charge in [-0.1, -0.05) is 0 Å². The predicted molar refractivity (Wildman–Crippen MR) is 36.0 cm³/mol. The van der Waals surface area contributed by atoms with E-state index in [1.54, 1.807) is 0 Å². The molecule has 0 aromatic rings. The normalized spacial score (nSPS) is 13.3. The Labute approximate surface area is 67.6 Å². The van der Waals surface area contributed by atoms with Crippen LogP contribution in [0.15, 0.2) is 0 Å². The molecule has 0 rings (SSSR count). The van der Waals surface area contributed by atoms with Crippen molar-refractivity contribution in [2.75, 3.05) is 13.2 Å². The summed E-state index contributed by atoms with van der Waals surface area (Å²) in [4.78, 5) is 32.3. The maximum atomic E-state index is 9.98. The van der Waals surface area contributed by atoms with Crippen LogP contribution in [0.1, 0.15) is 0 Å². The van der Waals surface area contributed by atoms with Crippen LogP contribution in [-0.2, 0) is 18.2 Å². The van der Waals surface area contributed by atoms with Gasteiger partial charge in [0.15, 0.2) is 0 Å². The van der Waals surface area contributed by atoms with E-state index >= 15 is 0 Å². The Morgan fingerprint density at radius 2 is 1.08 bits per heavy atom. The van der Waals surface area contributed by atoms with E-state index in [9.17, 15) is 9.13 Å². The maximum Gasteiger partial charge on any atom is 0.469 e. The molecule has 0 aliphatic rings. The molecule has 0 amide bonds. The zero-order chi connectivity index (χ0) is 9.83. The molecule has 74 valence electrons. The highest BCUT2D eigenvalue weighted by Crippen LogP contribution is 2.38. The fourth-order valence-electron chi connectivity index (χ4n) is 0.312. The van der Waals surface area contributed by atoms with Crippen LogP contribution in [0.4, 0.5) is 0 Å². The standard InChI is InChI=1S/C2H8O8P2/c3-11(4,5)9-1-2-10-12(6,7)8/h1-2H2,(H2,3,4,5)(H2,6,7,8). The molecule has 12 heavy (non-hydrogen) atoms. The molecule has 0 aromatic heterocycles. The van der Waals surface area contributed by atoms with Crippen molar-refractivity contribution < 1.29 is 37.8 Å². The first-order valence-corrected chi connectivity index (χ1v) is 5.67. The molecule has 4 N–H and O–H groups in total. The zero-order valence-electron chi connectivity index (χ0n) is 5.73. The average Bonchev–Trinajstić information content (AvgIpc) is 1.76. The molecule has 0 aliphatic heterocycles. The second kappa shape index (κ2) is 4.45. The number of phosphoric acid groups is 2. The Balaban J connectivity index is 3.48. The van der Waals surface area contributed by atoms with E-state index in [4.69, 9.17) is 19.6 Å². The minimum atomic E-state index is -4.58. The molecule has 0 heterocycles. The fourth-order valence-corrected chi connectivity index (χ4v) is 0.937. The first-order chi connectivity index (χ1) is 5.21. The molecule has 0 aromatic carbocycles. The summed E-state index contributed by atoms with van der Waals surface area (Å²) in [6, 6.07) is 0. The highest BCUT2D eigenvalue weighted by atomic mass is 31.2. The quantitative estimate of drug-likeness (QED) is 0.351. The van der Waals surface area contributed by atoms with Crippen LogP contribution < -0.4 is 0 Å². The van der Waals surface area contributed by atoms with Crippen LogP contribution in [0.3, 0.4) is 0 Å². The second-order valence-corrected chi connectivity index (χ2v) is 4.13. The SMILES string of the molecule is O=P(O)(O)OCCOP(=O)(O)O. The molecule has 0 saturated carbocycles. The van der Waals surface area contributed by atoms with E-state index in [1.807, 2.05) is 0 Å². The van der Waals surface area contributed by atoms with Gasteiger partial charge in [-0.3, -0.25) is 9.05 Å². The van der Waals surface area contributed by atoms with Gasteiger partial charge in [0, 0.05) is 0 Å². The lowest BCUT2D eigenvalue weighted by molar-refractivity contribution is 0.134. The molecule has 10 heteroatoms. The van der Waals surface area contributed by atoms with Crippen molar-refractivity contribution in [1.82, 2.24) is 0 Å². The molecule has 0 spiro atoms. The van der Waals surface area contributed by atoms with Gasteiger partial charge in [0.05, 0.1) is 13.2 Å². The van der Waals surface area contributed by atoms with E-state index in [1.165, 1.54) is 0 Å². The van der Waals surface area contributed by atoms with Crippen molar-refractivity contribution in [2.24, 2.45) is 0 Å². The molecule has 0 unspecified atom stereocenters. The van der Waals surface area contributed by atoms with Gasteiger partial charge in [-0.15, -0.1) is 0 Å². The minimum Gasteiger partial charge on any atom is -0.303 e. The monoisotopic (exact) mass is 222 g/mol. The van der Waals surface area contributed by atoms with E-state index in [-0.39, 0.29) is 0 Å². The lowest BCUT2D eigenvalue weighted by Crippen LogP contribution is -2.01. The highest BCUT2D eigenvalue weighted by molar-refractivity contribution is 7.46. The summed E-state index contributed by atoms with van der Waals surface area (Å²) < 4.78 is 27.6. The largest absolute Gasteiger partial charge is 0.469 e. The Morgan fingerprint density at radius 3 is 1.25 bits per heavy atom. The summed E-state index contributed by atoms with van der Waals surface area (Å²) in [5.41, 5.74) is 0. The van der Waals surface area contributed by atoms with E-state index in [2.05, 4.69) is 9.05 Å². The summed E-state index contributed by atoms with van der Waals surface area (Å²) in [6.07, 6.45) is 0. The molecule has 0 radical (unpaired) electrons. The number of phosphoric ester groups is 2. The summed E-state index contributed by atoms with van der Waals surface area (Å²) in [6.45, 7) is -1.18. The second-order valence-electron chi connectivity index (χ2n) is 1.65. The van der Waals surface area contributed by atoms with Crippen molar-refractivity contribution in [2.45, 2.75) is 0 Å². The molecule has 0 saturated heterocycles. The Hall–Kier alpha value is 0.220. The lowest BCUT2D eigenvalue weighted by Gasteiger charge is -2.06. The van der Waals surface area contributed by atoms with Gasteiger partial charge in [-0.25, -0.2) is 9.13 Å². The molecule has 0 bridgehead atoms. The van der Waals surface area contributed by atoms with Crippen LogP contribution >= 0.6 is 15.6 Å². The maximum absolute atomic E-state index is 9.98. The topological polar surface area (TPSA) is 134 Å². The van der Waals surface area contributed by atoms with Gasteiger partial charge in [0.25, 0.3) is 0 Å². The molecule has 0 atom stereocenters. The fraction of sp³-hybridized carbons (Fsp3) is 1.00. The van der Waals surface area contributed by atoms with Crippen molar-refractivity contribution in [3.63, 3.8) is 0 Å². The first kappa shape index (κ1) is 12.2. The van der Waals surface area contributed by atoms with Gasteiger partial charge < -0.3 is 19.6 Å². The van der Waals surface area contributed by atoms with Gasteiger partial charge in [-0.2, -0.15) is 0 Å². The van der Waals surface area contributed by atoms with Crippen LogP contribution in [-0.4, -0.2) is 32.8 Å². The van der Waals surface area contributed by atoms with Crippen LogP contribution in [0.2, 0.25) is 0 Å². The van der Waals surface area contributed by atoms with E-state index in [0.29, 0.717) is 0 Å².